The topological polar surface area (TPSA) is 20.2 Å². The molecule has 0 aromatic heterocycles. The summed E-state index contributed by atoms with van der Waals surface area (Å²) in [5, 5.41) is 10.2. The van der Waals surface area contributed by atoms with Crippen molar-refractivity contribution in [3.8, 4) is 0 Å². The SMILES string of the molecule is OCC1(c2cc(Cl)ccc2Br)CCC1. The minimum atomic E-state index is -0.0380. The van der Waals surface area contributed by atoms with Gasteiger partial charge in [-0.3, -0.25) is 0 Å². The van der Waals surface area contributed by atoms with E-state index in [1.165, 1.54) is 6.42 Å². The lowest BCUT2D eigenvalue weighted by Crippen LogP contribution is -2.38. The van der Waals surface area contributed by atoms with E-state index in [-0.39, 0.29) is 12.0 Å². The Kier molecular flexibility index (Phi) is 2.87. The predicted molar refractivity (Wildman–Crippen MR) is 61.8 cm³/mol. The Hall–Kier alpha value is -0.0500. The molecule has 0 atom stereocenters. The molecule has 1 aliphatic rings. The van der Waals surface area contributed by atoms with Crippen LogP contribution in [0.25, 0.3) is 0 Å². The van der Waals surface area contributed by atoms with E-state index in [9.17, 15) is 5.11 Å². The zero-order valence-corrected chi connectivity index (χ0v) is 10.1. The molecule has 0 bridgehead atoms. The smallest absolute Gasteiger partial charge is 0.0528 e. The van der Waals surface area contributed by atoms with Gasteiger partial charge >= 0.3 is 0 Å². The van der Waals surface area contributed by atoms with Crippen LogP contribution < -0.4 is 0 Å². The maximum absolute atomic E-state index is 9.44. The van der Waals surface area contributed by atoms with Crippen molar-refractivity contribution in [3.05, 3.63) is 33.3 Å². The number of hydrogen-bond donors (Lipinski definition) is 1. The third-order valence-corrected chi connectivity index (χ3v) is 4.04. The van der Waals surface area contributed by atoms with Gasteiger partial charge in [0.15, 0.2) is 0 Å². The Bertz CT molecular complexity index is 342. The van der Waals surface area contributed by atoms with Crippen molar-refractivity contribution in [2.24, 2.45) is 0 Å². The Labute approximate surface area is 97.2 Å². The maximum atomic E-state index is 9.44. The molecule has 1 nitrogen and oxygen atoms in total. The second kappa shape index (κ2) is 3.84. The summed E-state index contributed by atoms with van der Waals surface area (Å²) in [6.45, 7) is 0.214. The lowest BCUT2D eigenvalue weighted by Gasteiger charge is -2.41. The first kappa shape index (κ1) is 10.5. The van der Waals surface area contributed by atoms with E-state index >= 15 is 0 Å². The van der Waals surface area contributed by atoms with Crippen LogP contribution >= 0.6 is 27.5 Å². The quantitative estimate of drug-likeness (QED) is 0.875. The summed E-state index contributed by atoms with van der Waals surface area (Å²) < 4.78 is 1.05. The summed E-state index contributed by atoms with van der Waals surface area (Å²) in [5.41, 5.74) is 1.11. The van der Waals surface area contributed by atoms with Gasteiger partial charge in [-0.2, -0.15) is 0 Å². The molecule has 0 aliphatic heterocycles. The molecule has 0 spiro atoms. The highest BCUT2D eigenvalue weighted by atomic mass is 79.9. The van der Waals surface area contributed by atoms with E-state index in [1.807, 2.05) is 18.2 Å². The molecule has 0 amide bonds. The van der Waals surface area contributed by atoms with Crippen molar-refractivity contribution in [1.29, 1.82) is 0 Å². The van der Waals surface area contributed by atoms with Crippen molar-refractivity contribution in [1.82, 2.24) is 0 Å². The molecule has 0 heterocycles. The van der Waals surface area contributed by atoms with Gasteiger partial charge in [0, 0.05) is 14.9 Å². The average molecular weight is 276 g/mol. The lowest BCUT2D eigenvalue weighted by atomic mass is 9.65. The van der Waals surface area contributed by atoms with Crippen molar-refractivity contribution < 1.29 is 5.11 Å². The van der Waals surface area contributed by atoms with Crippen molar-refractivity contribution in [2.75, 3.05) is 6.61 Å². The molecule has 1 N–H and O–H groups in total. The molecule has 2 rings (SSSR count). The van der Waals surface area contributed by atoms with Gasteiger partial charge in [-0.05, 0) is 36.6 Å². The van der Waals surface area contributed by atoms with Crippen molar-refractivity contribution in [2.45, 2.75) is 24.7 Å². The van der Waals surface area contributed by atoms with Crippen molar-refractivity contribution in [3.63, 3.8) is 0 Å². The first-order chi connectivity index (χ1) is 6.68. The number of aliphatic hydroxyl groups excluding tert-OH is 1. The Balaban J connectivity index is 2.43. The molecular weight excluding hydrogens is 263 g/mol. The third kappa shape index (κ3) is 1.60. The first-order valence-electron chi connectivity index (χ1n) is 4.74. The van der Waals surface area contributed by atoms with E-state index in [0.29, 0.717) is 0 Å². The molecule has 1 aliphatic carbocycles. The fourth-order valence-electron chi connectivity index (χ4n) is 2.02. The zero-order chi connectivity index (χ0) is 10.2. The van der Waals surface area contributed by atoms with Crippen LogP contribution in [0.1, 0.15) is 24.8 Å². The fraction of sp³-hybridized carbons (Fsp3) is 0.455. The van der Waals surface area contributed by atoms with E-state index in [0.717, 1.165) is 27.9 Å². The van der Waals surface area contributed by atoms with Gasteiger partial charge in [-0.25, -0.2) is 0 Å². The average Bonchev–Trinajstić information content (AvgIpc) is 2.10. The van der Waals surface area contributed by atoms with Gasteiger partial charge in [-0.1, -0.05) is 34.0 Å². The lowest BCUT2D eigenvalue weighted by molar-refractivity contribution is 0.119. The van der Waals surface area contributed by atoms with Crippen LogP contribution in [-0.4, -0.2) is 11.7 Å². The molecule has 1 aromatic carbocycles. The molecule has 14 heavy (non-hydrogen) atoms. The van der Waals surface area contributed by atoms with Gasteiger partial charge in [0.05, 0.1) is 6.61 Å². The maximum Gasteiger partial charge on any atom is 0.0528 e. The van der Waals surface area contributed by atoms with Gasteiger partial charge in [-0.15, -0.1) is 0 Å². The Morgan fingerprint density at radius 3 is 2.64 bits per heavy atom. The molecule has 0 unspecified atom stereocenters. The molecule has 0 saturated heterocycles. The van der Waals surface area contributed by atoms with Gasteiger partial charge in [0.2, 0.25) is 0 Å². The zero-order valence-electron chi connectivity index (χ0n) is 7.76. The Morgan fingerprint density at radius 2 is 2.14 bits per heavy atom. The predicted octanol–water partition coefficient (Wildman–Crippen LogP) is 3.52. The van der Waals surface area contributed by atoms with E-state index in [1.54, 1.807) is 0 Å². The number of benzene rings is 1. The van der Waals surface area contributed by atoms with E-state index in [2.05, 4.69) is 15.9 Å². The summed E-state index contributed by atoms with van der Waals surface area (Å²) in [5.74, 6) is 0. The number of hydrogen-bond acceptors (Lipinski definition) is 1. The van der Waals surface area contributed by atoms with Crippen LogP contribution in [-0.2, 0) is 5.41 Å². The first-order valence-corrected chi connectivity index (χ1v) is 5.91. The van der Waals surface area contributed by atoms with E-state index < -0.39 is 0 Å². The Morgan fingerprint density at radius 1 is 1.43 bits per heavy atom. The number of aliphatic hydroxyl groups is 1. The third-order valence-electron chi connectivity index (χ3n) is 3.11. The normalized spacial score (nSPS) is 19.1. The second-order valence-electron chi connectivity index (χ2n) is 3.92. The molecule has 1 fully saturated rings. The van der Waals surface area contributed by atoms with Crippen LogP contribution in [0, 0.1) is 0 Å². The monoisotopic (exact) mass is 274 g/mol. The summed E-state index contributed by atoms with van der Waals surface area (Å²) in [4.78, 5) is 0. The minimum absolute atomic E-state index is 0.0380. The van der Waals surface area contributed by atoms with Crippen LogP contribution in [0.4, 0.5) is 0 Å². The summed E-state index contributed by atoms with van der Waals surface area (Å²) in [6, 6.07) is 5.77. The highest BCUT2D eigenvalue weighted by molar-refractivity contribution is 9.10. The molecular formula is C11H12BrClO. The number of halogens is 2. The highest BCUT2D eigenvalue weighted by Gasteiger charge is 2.39. The van der Waals surface area contributed by atoms with Gasteiger partial charge < -0.3 is 5.11 Å². The second-order valence-corrected chi connectivity index (χ2v) is 5.21. The van der Waals surface area contributed by atoms with Gasteiger partial charge in [0.25, 0.3) is 0 Å². The molecule has 1 saturated carbocycles. The fourth-order valence-corrected chi connectivity index (χ4v) is 2.86. The largest absolute Gasteiger partial charge is 0.395 e. The molecule has 0 radical (unpaired) electrons. The molecule has 76 valence electrons. The van der Waals surface area contributed by atoms with Crippen molar-refractivity contribution >= 4 is 27.5 Å². The van der Waals surface area contributed by atoms with Gasteiger partial charge in [0.1, 0.15) is 0 Å². The number of rotatable bonds is 2. The van der Waals surface area contributed by atoms with Crippen LogP contribution in [0.15, 0.2) is 22.7 Å². The van der Waals surface area contributed by atoms with Crippen LogP contribution in [0.5, 0.6) is 0 Å². The van der Waals surface area contributed by atoms with E-state index in [4.69, 9.17) is 11.6 Å². The summed E-state index contributed by atoms with van der Waals surface area (Å²) in [7, 11) is 0. The summed E-state index contributed by atoms with van der Waals surface area (Å²) >= 11 is 9.47. The van der Waals surface area contributed by atoms with Crippen LogP contribution in [0.2, 0.25) is 5.02 Å². The molecule has 1 aromatic rings. The minimum Gasteiger partial charge on any atom is -0.395 e. The molecule has 3 heteroatoms. The highest BCUT2D eigenvalue weighted by Crippen LogP contribution is 2.46. The standard InChI is InChI=1S/C11H12BrClO/c12-10-3-2-8(13)6-9(10)11(7-14)4-1-5-11/h2-3,6,14H,1,4-5,7H2. The summed E-state index contributed by atoms with van der Waals surface area (Å²) in [6.07, 6.45) is 3.31. The van der Waals surface area contributed by atoms with Crippen LogP contribution in [0.3, 0.4) is 0 Å².